The van der Waals surface area contributed by atoms with Gasteiger partial charge in [0.1, 0.15) is 5.75 Å². The Balaban J connectivity index is 1.92. The van der Waals surface area contributed by atoms with E-state index in [1.165, 1.54) is 0 Å². The molecule has 94 valence electrons. The van der Waals surface area contributed by atoms with Crippen molar-refractivity contribution in [3.63, 3.8) is 0 Å². The second-order valence-electron chi connectivity index (χ2n) is 4.56. The number of nitriles is 1. The van der Waals surface area contributed by atoms with Crippen molar-refractivity contribution >= 4 is 5.78 Å². The van der Waals surface area contributed by atoms with E-state index in [1.54, 1.807) is 0 Å². The summed E-state index contributed by atoms with van der Waals surface area (Å²) in [6.45, 7) is 0.606. The number of ether oxygens (including phenoxy) is 1. The van der Waals surface area contributed by atoms with Gasteiger partial charge in [-0.3, -0.25) is 4.79 Å². The summed E-state index contributed by atoms with van der Waals surface area (Å²) < 4.78 is 5.61. The second kappa shape index (κ2) is 6.20. The number of unbranched alkanes of at least 4 members (excludes halogenated alkanes) is 2. The van der Waals surface area contributed by atoms with E-state index in [-0.39, 0.29) is 5.78 Å². The number of aryl methyl sites for hydroxylation is 1. The lowest BCUT2D eigenvalue weighted by Gasteiger charge is -2.15. The van der Waals surface area contributed by atoms with E-state index in [0.29, 0.717) is 19.4 Å². The maximum absolute atomic E-state index is 11.8. The predicted molar refractivity (Wildman–Crippen MR) is 68.7 cm³/mol. The van der Waals surface area contributed by atoms with Crippen LogP contribution in [0.25, 0.3) is 0 Å². The molecule has 0 unspecified atom stereocenters. The number of ketones is 1. The van der Waals surface area contributed by atoms with Gasteiger partial charge in [0, 0.05) is 18.4 Å². The number of benzene rings is 1. The van der Waals surface area contributed by atoms with Gasteiger partial charge < -0.3 is 4.74 Å². The van der Waals surface area contributed by atoms with Crippen molar-refractivity contribution in [2.24, 2.45) is 0 Å². The molecule has 2 rings (SSSR count). The summed E-state index contributed by atoms with van der Waals surface area (Å²) in [6, 6.07) is 7.90. The lowest BCUT2D eigenvalue weighted by molar-refractivity contribution is 0.0972. The van der Waals surface area contributed by atoms with E-state index in [0.717, 1.165) is 42.6 Å². The van der Waals surface area contributed by atoms with Gasteiger partial charge in [-0.05, 0) is 43.4 Å². The number of hydrogen-bond acceptors (Lipinski definition) is 3. The van der Waals surface area contributed by atoms with Crippen LogP contribution in [0, 0.1) is 11.3 Å². The zero-order valence-corrected chi connectivity index (χ0v) is 10.4. The van der Waals surface area contributed by atoms with Gasteiger partial charge >= 0.3 is 0 Å². The van der Waals surface area contributed by atoms with Crippen molar-refractivity contribution in [1.29, 1.82) is 5.26 Å². The quantitative estimate of drug-likeness (QED) is 0.746. The third-order valence-electron chi connectivity index (χ3n) is 3.18. The summed E-state index contributed by atoms with van der Waals surface area (Å²) >= 11 is 0. The molecule has 1 aliphatic carbocycles. The highest BCUT2D eigenvalue weighted by molar-refractivity contribution is 5.98. The average Bonchev–Trinajstić information content (AvgIpc) is 2.39. The molecule has 0 fully saturated rings. The van der Waals surface area contributed by atoms with E-state index in [4.69, 9.17) is 10.00 Å². The summed E-state index contributed by atoms with van der Waals surface area (Å²) in [6.07, 6.45) is 4.91. The van der Waals surface area contributed by atoms with Crippen LogP contribution in [0.1, 0.15) is 48.0 Å². The maximum Gasteiger partial charge on any atom is 0.163 e. The molecule has 18 heavy (non-hydrogen) atoms. The molecule has 0 aromatic heterocycles. The third-order valence-corrected chi connectivity index (χ3v) is 3.18. The molecule has 1 aliphatic rings. The van der Waals surface area contributed by atoms with Gasteiger partial charge in [0.25, 0.3) is 0 Å². The Hall–Kier alpha value is -1.82. The standard InChI is InChI=1S/C15H17NO2/c16-9-2-1-3-10-18-13-8-7-12-5-4-6-15(17)14(12)11-13/h7-8,11H,1-6,10H2. The molecular formula is C15H17NO2. The topological polar surface area (TPSA) is 50.1 Å². The molecule has 3 heteroatoms. The number of carbonyl (C=O) groups is 1. The van der Waals surface area contributed by atoms with E-state index in [2.05, 4.69) is 6.07 Å². The van der Waals surface area contributed by atoms with Crippen LogP contribution in [0.2, 0.25) is 0 Å². The highest BCUT2D eigenvalue weighted by Crippen LogP contribution is 2.25. The number of rotatable bonds is 5. The summed E-state index contributed by atoms with van der Waals surface area (Å²) in [5, 5.41) is 8.42. The first-order valence-corrected chi connectivity index (χ1v) is 6.47. The predicted octanol–water partition coefficient (Wildman–Crippen LogP) is 3.28. The summed E-state index contributed by atoms with van der Waals surface area (Å²) in [7, 11) is 0. The van der Waals surface area contributed by atoms with Crippen molar-refractivity contribution in [2.75, 3.05) is 6.61 Å². The molecule has 0 heterocycles. The Labute approximate surface area is 107 Å². The SMILES string of the molecule is N#CCCCCOc1ccc2c(c1)C(=O)CCC2. The lowest BCUT2D eigenvalue weighted by atomic mass is 9.90. The number of fused-ring (bicyclic) bond motifs is 1. The van der Waals surface area contributed by atoms with Gasteiger partial charge in [0.15, 0.2) is 5.78 Å². The first-order valence-electron chi connectivity index (χ1n) is 6.47. The highest BCUT2D eigenvalue weighted by atomic mass is 16.5. The molecule has 1 aromatic carbocycles. The zero-order valence-electron chi connectivity index (χ0n) is 10.4. The van der Waals surface area contributed by atoms with Crippen LogP contribution >= 0.6 is 0 Å². The van der Waals surface area contributed by atoms with Crippen LogP contribution in [0.3, 0.4) is 0 Å². The second-order valence-corrected chi connectivity index (χ2v) is 4.56. The molecule has 0 bridgehead atoms. The fourth-order valence-corrected chi connectivity index (χ4v) is 2.19. The Morgan fingerprint density at radius 3 is 3.00 bits per heavy atom. The lowest BCUT2D eigenvalue weighted by Crippen LogP contribution is -2.11. The minimum absolute atomic E-state index is 0.228. The van der Waals surface area contributed by atoms with Crippen LogP contribution in [-0.2, 0) is 6.42 Å². The number of hydrogen-bond donors (Lipinski definition) is 0. The van der Waals surface area contributed by atoms with Crippen LogP contribution in [-0.4, -0.2) is 12.4 Å². The fraction of sp³-hybridized carbons (Fsp3) is 0.467. The number of Topliss-reactive ketones (excluding diaryl/α,β-unsaturated/α-hetero) is 1. The largest absolute Gasteiger partial charge is 0.494 e. The van der Waals surface area contributed by atoms with Crippen LogP contribution in [0.4, 0.5) is 0 Å². The number of carbonyl (C=O) groups excluding carboxylic acids is 1. The monoisotopic (exact) mass is 243 g/mol. The summed E-state index contributed by atoms with van der Waals surface area (Å²) in [4.78, 5) is 11.8. The fourth-order valence-electron chi connectivity index (χ4n) is 2.19. The minimum atomic E-state index is 0.228. The highest BCUT2D eigenvalue weighted by Gasteiger charge is 2.17. The molecule has 0 atom stereocenters. The van der Waals surface area contributed by atoms with Crippen LogP contribution < -0.4 is 4.74 Å². The van der Waals surface area contributed by atoms with Crippen molar-refractivity contribution < 1.29 is 9.53 Å². The normalized spacial score (nSPS) is 13.8. The molecule has 0 amide bonds. The molecule has 3 nitrogen and oxygen atoms in total. The molecular weight excluding hydrogens is 226 g/mol. The van der Waals surface area contributed by atoms with Gasteiger partial charge in [0.2, 0.25) is 0 Å². The van der Waals surface area contributed by atoms with Crippen molar-refractivity contribution in [1.82, 2.24) is 0 Å². The van der Waals surface area contributed by atoms with E-state index >= 15 is 0 Å². The molecule has 0 N–H and O–H groups in total. The molecule has 0 saturated heterocycles. The zero-order chi connectivity index (χ0) is 12.8. The smallest absolute Gasteiger partial charge is 0.163 e. The van der Waals surface area contributed by atoms with E-state index in [9.17, 15) is 4.79 Å². The van der Waals surface area contributed by atoms with Crippen molar-refractivity contribution in [3.8, 4) is 11.8 Å². The summed E-state index contributed by atoms with van der Waals surface area (Å²) in [5.74, 6) is 0.993. The van der Waals surface area contributed by atoms with Gasteiger partial charge in [-0.1, -0.05) is 6.07 Å². The molecule has 0 saturated carbocycles. The number of nitrogens with zero attached hydrogens (tertiary/aromatic N) is 1. The van der Waals surface area contributed by atoms with Gasteiger partial charge in [-0.15, -0.1) is 0 Å². The Kier molecular flexibility index (Phi) is 4.35. The molecule has 0 spiro atoms. The first kappa shape index (κ1) is 12.6. The minimum Gasteiger partial charge on any atom is -0.494 e. The third kappa shape index (κ3) is 3.10. The average molecular weight is 243 g/mol. The Morgan fingerprint density at radius 2 is 2.17 bits per heavy atom. The van der Waals surface area contributed by atoms with Crippen LogP contribution in [0.15, 0.2) is 18.2 Å². The van der Waals surface area contributed by atoms with Gasteiger partial charge in [0.05, 0.1) is 12.7 Å². The Morgan fingerprint density at radius 1 is 1.28 bits per heavy atom. The molecule has 1 aromatic rings. The summed E-state index contributed by atoms with van der Waals surface area (Å²) in [5.41, 5.74) is 1.97. The van der Waals surface area contributed by atoms with Crippen molar-refractivity contribution in [3.05, 3.63) is 29.3 Å². The maximum atomic E-state index is 11.8. The van der Waals surface area contributed by atoms with E-state index < -0.39 is 0 Å². The van der Waals surface area contributed by atoms with E-state index in [1.807, 2.05) is 18.2 Å². The Bertz CT molecular complexity index is 474. The van der Waals surface area contributed by atoms with Gasteiger partial charge in [-0.2, -0.15) is 5.26 Å². The molecule has 0 aliphatic heterocycles. The van der Waals surface area contributed by atoms with Crippen molar-refractivity contribution in [2.45, 2.75) is 38.5 Å². The first-order chi connectivity index (χ1) is 8.81. The van der Waals surface area contributed by atoms with Crippen LogP contribution in [0.5, 0.6) is 5.75 Å². The van der Waals surface area contributed by atoms with Gasteiger partial charge in [-0.25, -0.2) is 0 Å². The molecule has 0 radical (unpaired) electrons.